The van der Waals surface area contributed by atoms with Crippen molar-refractivity contribution in [2.45, 2.75) is 57.2 Å². The van der Waals surface area contributed by atoms with Crippen LogP contribution in [0.5, 0.6) is 0 Å². The standard InChI is InChI=1S/C31H34BrClFN3O4S/c1-42(40,41)37(26-16-17-28(34)27(33)19-26)21-30(38)36(20-23-12-14-24(32)15-13-23)29(18-22-8-4-2-5-9-22)31(39)35-25-10-6-3-7-11-25/h2,4-5,8-9,12-17,19,25,29H,3,6-7,10-11,18,20-21H2,1H3,(H,35,39)/t29-/m0/s1. The molecule has 224 valence electrons. The van der Waals surface area contributed by atoms with Gasteiger partial charge < -0.3 is 10.2 Å². The molecular formula is C31H34BrClFN3O4S. The van der Waals surface area contributed by atoms with Crippen LogP contribution in [-0.4, -0.2) is 50.0 Å². The van der Waals surface area contributed by atoms with E-state index >= 15 is 0 Å². The first kappa shape index (κ1) is 32.0. The van der Waals surface area contributed by atoms with Crippen molar-refractivity contribution >= 4 is 55.1 Å². The van der Waals surface area contributed by atoms with Crippen molar-refractivity contribution < 1.29 is 22.4 Å². The number of anilines is 1. The number of amides is 2. The molecule has 1 saturated carbocycles. The van der Waals surface area contributed by atoms with Gasteiger partial charge in [-0.2, -0.15) is 0 Å². The van der Waals surface area contributed by atoms with Crippen LogP contribution in [0.4, 0.5) is 10.1 Å². The van der Waals surface area contributed by atoms with Crippen LogP contribution in [0.2, 0.25) is 5.02 Å². The SMILES string of the molecule is CS(=O)(=O)N(CC(=O)N(Cc1ccc(Br)cc1)[C@@H](Cc1ccccc1)C(=O)NC1CCCCC1)c1ccc(F)c(Cl)c1. The smallest absolute Gasteiger partial charge is 0.244 e. The zero-order valence-corrected chi connectivity index (χ0v) is 26.5. The minimum atomic E-state index is -3.98. The molecule has 7 nitrogen and oxygen atoms in total. The van der Waals surface area contributed by atoms with Gasteiger partial charge in [0, 0.05) is 23.5 Å². The molecule has 0 radical (unpaired) electrons. The van der Waals surface area contributed by atoms with E-state index in [1.807, 2.05) is 54.6 Å². The van der Waals surface area contributed by atoms with Gasteiger partial charge in [-0.3, -0.25) is 13.9 Å². The molecule has 0 saturated heterocycles. The molecule has 1 N–H and O–H groups in total. The van der Waals surface area contributed by atoms with Crippen molar-refractivity contribution in [3.05, 3.63) is 99.2 Å². The molecule has 0 spiro atoms. The van der Waals surface area contributed by atoms with E-state index in [1.54, 1.807) is 0 Å². The maximum Gasteiger partial charge on any atom is 0.244 e. The Morgan fingerprint density at radius 3 is 2.29 bits per heavy atom. The van der Waals surface area contributed by atoms with E-state index in [-0.39, 0.29) is 35.6 Å². The first-order valence-corrected chi connectivity index (χ1v) is 16.8. The summed E-state index contributed by atoms with van der Waals surface area (Å²) < 4.78 is 41.4. The second-order valence-electron chi connectivity index (χ2n) is 10.6. The van der Waals surface area contributed by atoms with Crippen molar-refractivity contribution in [1.29, 1.82) is 0 Å². The monoisotopic (exact) mass is 677 g/mol. The molecule has 1 atom stereocenters. The Balaban J connectivity index is 1.72. The third-order valence-electron chi connectivity index (χ3n) is 7.36. The maximum atomic E-state index is 14.1. The molecule has 4 rings (SSSR count). The number of hydrogen-bond donors (Lipinski definition) is 1. The Kier molecular flexibility index (Phi) is 11.0. The maximum absolute atomic E-state index is 14.1. The average Bonchev–Trinajstić information content (AvgIpc) is 2.96. The molecule has 1 aliphatic rings. The summed E-state index contributed by atoms with van der Waals surface area (Å²) in [5.74, 6) is -1.57. The summed E-state index contributed by atoms with van der Waals surface area (Å²) in [6, 6.07) is 19.4. The molecule has 1 aliphatic carbocycles. The van der Waals surface area contributed by atoms with Gasteiger partial charge in [-0.15, -0.1) is 0 Å². The number of sulfonamides is 1. The van der Waals surface area contributed by atoms with Crippen LogP contribution in [0, 0.1) is 5.82 Å². The summed E-state index contributed by atoms with van der Waals surface area (Å²) in [6.07, 6.45) is 6.13. The summed E-state index contributed by atoms with van der Waals surface area (Å²) in [6.45, 7) is -0.525. The second-order valence-corrected chi connectivity index (χ2v) is 13.8. The quantitative estimate of drug-likeness (QED) is 0.266. The van der Waals surface area contributed by atoms with Crippen LogP contribution in [0.1, 0.15) is 43.2 Å². The Morgan fingerprint density at radius 1 is 1.00 bits per heavy atom. The van der Waals surface area contributed by atoms with E-state index in [0.29, 0.717) is 0 Å². The summed E-state index contributed by atoms with van der Waals surface area (Å²) >= 11 is 9.38. The van der Waals surface area contributed by atoms with Gasteiger partial charge in [-0.25, -0.2) is 12.8 Å². The largest absolute Gasteiger partial charge is 0.352 e. The van der Waals surface area contributed by atoms with Gasteiger partial charge in [0.15, 0.2) is 0 Å². The Morgan fingerprint density at radius 2 is 1.67 bits per heavy atom. The highest BCUT2D eigenvalue weighted by Crippen LogP contribution is 2.26. The van der Waals surface area contributed by atoms with Crippen LogP contribution >= 0.6 is 27.5 Å². The van der Waals surface area contributed by atoms with E-state index in [1.165, 1.54) is 17.0 Å². The predicted molar refractivity (Wildman–Crippen MR) is 167 cm³/mol. The molecule has 11 heteroatoms. The van der Waals surface area contributed by atoms with Crippen molar-refractivity contribution in [1.82, 2.24) is 10.2 Å². The first-order chi connectivity index (χ1) is 20.0. The third kappa shape index (κ3) is 8.78. The highest BCUT2D eigenvalue weighted by molar-refractivity contribution is 9.10. The zero-order valence-electron chi connectivity index (χ0n) is 23.3. The molecule has 3 aromatic carbocycles. The molecule has 1 fully saturated rings. The van der Waals surface area contributed by atoms with Crippen LogP contribution < -0.4 is 9.62 Å². The van der Waals surface area contributed by atoms with Gasteiger partial charge in [0.2, 0.25) is 21.8 Å². The lowest BCUT2D eigenvalue weighted by Crippen LogP contribution is -2.55. The Hall–Kier alpha value is -2.95. The van der Waals surface area contributed by atoms with Gasteiger partial charge in [0.1, 0.15) is 18.4 Å². The van der Waals surface area contributed by atoms with Crippen LogP contribution in [0.25, 0.3) is 0 Å². The fourth-order valence-electron chi connectivity index (χ4n) is 5.14. The van der Waals surface area contributed by atoms with E-state index in [4.69, 9.17) is 11.6 Å². The summed E-state index contributed by atoms with van der Waals surface area (Å²) in [5, 5.41) is 2.90. The van der Waals surface area contributed by atoms with Crippen molar-refractivity contribution in [2.24, 2.45) is 0 Å². The van der Waals surface area contributed by atoms with Gasteiger partial charge in [-0.1, -0.05) is 89.3 Å². The topological polar surface area (TPSA) is 86.8 Å². The summed E-state index contributed by atoms with van der Waals surface area (Å²) in [5.41, 5.74) is 1.68. The lowest BCUT2D eigenvalue weighted by Gasteiger charge is -2.35. The third-order valence-corrected chi connectivity index (χ3v) is 9.32. The number of carbonyl (C=O) groups is 2. The molecular weight excluding hydrogens is 645 g/mol. The van der Waals surface area contributed by atoms with E-state index < -0.39 is 34.3 Å². The van der Waals surface area contributed by atoms with Crippen LogP contribution in [-0.2, 0) is 32.6 Å². The molecule has 0 unspecified atom stereocenters. The number of halogens is 3. The number of nitrogens with one attached hydrogen (secondary N) is 1. The molecule has 3 aromatic rings. The number of carbonyl (C=O) groups excluding carboxylic acids is 2. The van der Waals surface area contributed by atoms with Crippen molar-refractivity contribution in [2.75, 3.05) is 17.1 Å². The molecule has 0 aliphatic heterocycles. The highest BCUT2D eigenvalue weighted by atomic mass is 79.9. The van der Waals surface area contributed by atoms with Gasteiger partial charge in [0.05, 0.1) is 17.0 Å². The normalized spacial score (nSPS) is 14.7. The minimum Gasteiger partial charge on any atom is -0.352 e. The van der Waals surface area contributed by atoms with Crippen molar-refractivity contribution in [3.8, 4) is 0 Å². The van der Waals surface area contributed by atoms with E-state index in [9.17, 15) is 22.4 Å². The zero-order chi connectivity index (χ0) is 30.3. The number of nitrogens with zero attached hydrogens (tertiary/aromatic N) is 2. The Labute approximate surface area is 260 Å². The lowest BCUT2D eigenvalue weighted by molar-refractivity contribution is -0.140. The summed E-state index contributed by atoms with van der Waals surface area (Å²) in [4.78, 5) is 29.5. The lowest BCUT2D eigenvalue weighted by atomic mass is 9.94. The average molecular weight is 679 g/mol. The van der Waals surface area contributed by atoms with Gasteiger partial charge in [-0.05, 0) is 54.3 Å². The van der Waals surface area contributed by atoms with Gasteiger partial charge in [0.25, 0.3) is 0 Å². The Bertz CT molecular complexity index is 1490. The van der Waals surface area contributed by atoms with E-state index in [0.717, 1.165) is 64.3 Å². The van der Waals surface area contributed by atoms with Gasteiger partial charge >= 0.3 is 0 Å². The highest BCUT2D eigenvalue weighted by Gasteiger charge is 2.34. The number of benzene rings is 3. The van der Waals surface area contributed by atoms with Crippen LogP contribution in [0.15, 0.2) is 77.3 Å². The predicted octanol–water partition coefficient (Wildman–Crippen LogP) is 6.10. The van der Waals surface area contributed by atoms with Crippen molar-refractivity contribution in [3.63, 3.8) is 0 Å². The fraction of sp³-hybridized carbons (Fsp3) is 0.355. The minimum absolute atomic E-state index is 0.0167. The molecule has 2 amide bonds. The number of hydrogen-bond acceptors (Lipinski definition) is 4. The van der Waals surface area contributed by atoms with E-state index in [2.05, 4.69) is 21.2 Å². The fourth-order valence-corrected chi connectivity index (χ4v) is 6.42. The molecule has 0 heterocycles. The molecule has 0 aromatic heterocycles. The molecule has 0 bridgehead atoms. The number of rotatable bonds is 11. The summed E-state index contributed by atoms with van der Waals surface area (Å²) in [7, 11) is -3.98. The second kappa shape index (κ2) is 14.5. The van der Waals surface area contributed by atoms with Crippen LogP contribution in [0.3, 0.4) is 0 Å². The molecule has 42 heavy (non-hydrogen) atoms. The first-order valence-electron chi connectivity index (χ1n) is 13.8.